The van der Waals surface area contributed by atoms with Gasteiger partial charge < -0.3 is 10.1 Å². The molecule has 5 nitrogen and oxygen atoms in total. The molecule has 0 unspecified atom stereocenters. The number of aryl methyl sites for hydroxylation is 1. The van der Waals surface area contributed by atoms with Crippen LogP contribution in [-0.4, -0.2) is 21.0 Å². The summed E-state index contributed by atoms with van der Waals surface area (Å²) < 4.78 is 0. The van der Waals surface area contributed by atoms with Crippen molar-refractivity contribution in [3.8, 4) is 0 Å². The molecule has 0 bridgehead atoms. The summed E-state index contributed by atoms with van der Waals surface area (Å²) in [6.45, 7) is 1.80. The van der Waals surface area contributed by atoms with E-state index in [1.807, 2.05) is 0 Å². The molecule has 2 N–H and O–H groups in total. The molecule has 0 saturated carbocycles. The van der Waals surface area contributed by atoms with Crippen LogP contribution in [0.4, 0.5) is 0 Å². The first kappa shape index (κ1) is 9.39. The van der Waals surface area contributed by atoms with Crippen molar-refractivity contribution in [3.63, 3.8) is 0 Å². The van der Waals surface area contributed by atoms with Gasteiger partial charge in [-0.15, -0.1) is 0 Å². The first-order chi connectivity index (χ1) is 7.09. The van der Waals surface area contributed by atoms with E-state index in [4.69, 9.17) is 5.11 Å². The molecule has 2 rings (SSSR count). The Morgan fingerprint density at radius 3 is 2.87 bits per heavy atom. The first-order valence-electron chi connectivity index (χ1n) is 4.32. The minimum atomic E-state index is -1.32. The number of para-hydroxylation sites is 1. The number of nitrogens with zero attached hydrogens (tertiary/aromatic N) is 1. The molecular formula is C10H8N2O3. The maximum atomic E-state index is 11.3. The maximum Gasteiger partial charge on any atom is 0.360 e. The fourth-order valence-corrected chi connectivity index (χ4v) is 1.40. The molecule has 76 valence electrons. The fraction of sp³-hybridized carbons (Fsp3) is 0.100. The Kier molecular flexibility index (Phi) is 2.00. The third-order valence-electron chi connectivity index (χ3n) is 2.13. The summed E-state index contributed by atoms with van der Waals surface area (Å²) in [6.07, 6.45) is 0. The van der Waals surface area contributed by atoms with E-state index >= 15 is 0 Å². The van der Waals surface area contributed by atoms with Crippen LogP contribution in [0.2, 0.25) is 0 Å². The second-order valence-electron chi connectivity index (χ2n) is 3.19. The number of benzene rings is 1. The summed E-state index contributed by atoms with van der Waals surface area (Å²) in [7, 11) is 0. The van der Waals surface area contributed by atoms with E-state index in [0.717, 1.165) is 5.56 Å². The van der Waals surface area contributed by atoms with Crippen molar-refractivity contribution in [1.82, 2.24) is 9.97 Å². The van der Waals surface area contributed by atoms with Crippen molar-refractivity contribution in [2.45, 2.75) is 6.92 Å². The maximum absolute atomic E-state index is 11.3. The topological polar surface area (TPSA) is 83.0 Å². The van der Waals surface area contributed by atoms with Gasteiger partial charge in [0.2, 0.25) is 5.69 Å². The van der Waals surface area contributed by atoms with Crippen molar-refractivity contribution >= 4 is 17.0 Å². The number of carbonyl (C=O) groups is 1. The molecule has 5 heteroatoms. The summed E-state index contributed by atoms with van der Waals surface area (Å²) in [5.74, 6) is -1.32. The van der Waals surface area contributed by atoms with Crippen molar-refractivity contribution < 1.29 is 9.90 Å². The smallest absolute Gasteiger partial charge is 0.360 e. The molecule has 0 fully saturated rings. The molecule has 1 heterocycles. The molecule has 15 heavy (non-hydrogen) atoms. The van der Waals surface area contributed by atoms with Gasteiger partial charge in [0.25, 0.3) is 5.56 Å². The number of H-pyrrole nitrogens is 1. The molecular weight excluding hydrogens is 196 g/mol. The lowest BCUT2D eigenvalue weighted by Gasteiger charge is -2.01. The van der Waals surface area contributed by atoms with E-state index in [9.17, 15) is 9.59 Å². The largest absolute Gasteiger partial charge is 0.476 e. The molecule has 0 aliphatic heterocycles. The van der Waals surface area contributed by atoms with Crippen molar-refractivity contribution in [2.24, 2.45) is 0 Å². The van der Waals surface area contributed by atoms with E-state index in [1.165, 1.54) is 0 Å². The van der Waals surface area contributed by atoms with Crippen LogP contribution in [0.15, 0.2) is 23.0 Å². The van der Waals surface area contributed by atoms with Crippen LogP contribution in [0.25, 0.3) is 11.0 Å². The Morgan fingerprint density at radius 2 is 2.20 bits per heavy atom. The van der Waals surface area contributed by atoms with Gasteiger partial charge in [-0.3, -0.25) is 4.79 Å². The van der Waals surface area contributed by atoms with Crippen LogP contribution in [0.5, 0.6) is 0 Å². The number of fused-ring (bicyclic) bond motifs is 1. The van der Waals surface area contributed by atoms with Crippen LogP contribution < -0.4 is 5.56 Å². The second-order valence-corrected chi connectivity index (χ2v) is 3.19. The lowest BCUT2D eigenvalue weighted by molar-refractivity contribution is 0.0689. The van der Waals surface area contributed by atoms with E-state index in [1.54, 1.807) is 25.1 Å². The third-order valence-corrected chi connectivity index (χ3v) is 2.13. The first-order valence-corrected chi connectivity index (χ1v) is 4.32. The number of nitrogens with one attached hydrogen (secondary N) is 1. The highest BCUT2D eigenvalue weighted by molar-refractivity contribution is 5.88. The molecule has 0 atom stereocenters. The number of hydrogen-bond donors (Lipinski definition) is 2. The van der Waals surface area contributed by atoms with E-state index in [-0.39, 0.29) is 0 Å². The lowest BCUT2D eigenvalue weighted by atomic mass is 10.2. The van der Waals surface area contributed by atoms with Gasteiger partial charge in [-0.25, -0.2) is 9.78 Å². The molecule has 1 aromatic carbocycles. The van der Waals surface area contributed by atoms with Crippen molar-refractivity contribution in [1.29, 1.82) is 0 Å². The second kappa shape index (κ2) is 3.20. The predicted molar refractivity (Wildman–Crippen MR) is 54.1 cm³/mol. The Morgan fingerprint density at radius 1 is 1.47 bits per heavy atom. The zero-order chi connectivity index (χ0) is 11.0. The number of aromatic amines is 1. The highest BCUT2D eigenvalue weighted by atomic mass is 16.4. The minimum absolute atomic E-state index is 0.475. The number of aromatic nitrogens is 2. The number of rotatable bonds is 1. The van der Waals surface area contributed by atoms with Gasteiger partial charge in [-0.1, -0.05) is 12.1 Å². The molecule has 1 aromatic heterocycles. The highest BCUT2D eigenvalue weighted by Crippen LogP contribution is 2.11. The highest BCUT2D eigenvalue weighted by Gasteiger charge is 2.12. The van der Waals surface area contributed by atoms with Crippen molar-refractivity contribution in [3.05, 3.63) is 39.8 Å². The normalized spacial score (nSPS) is 10.5. The molecule has 0 radical (unpaired) electrons. The molecule has 0 aliphatic carbocycles. The monoisotopic (exact) mass is 204 g/mol. The minimum Gasteiger partial charge on any atom is -0.476 e. The van der Waals surface area contributed by atoms with Gasteiger partial charge >= 0.3 is 5.97 Å². The van der Waals surface area contributed by atoms with E-state index in [0.29, 0.717) is 11.0 Å². The summed E-state index contributed by atoms with van der Waals surface area (Å²) >= 11 is 0. The van der Waals surface area contributed by atoms with Gasteiger partial charge in [-0.05, 0) is 18.6 Å². The number of carboxylic acids is 1. The van der Waals surface area contributed by atoms with Gasteiger partial charge in [0.05, 0.1) is 11.0 Å². The van der Waals surface area contributed by atoms with Crippen LogP contribution in [-0.2, 0) is 0 Å². The quantitative estimate of drug-likeness (QED) is 0.723. The summed E-state index contributed by atoms with van der Waals surface area (Å²) in [5.41, 5.74) is 0.725. The zero-order valence-corrected chi connectivity index (χ0v) is 7.94. The van der Waals surface area contributed by atoms with Crippen LogP contribution in [0.3, 0.4) is 0 Å². The van der Waals surface area contributed by atoms with Crippen molar-refractivity contribution in [2.75, 3.05) is 0 Å². The molecule has 0 spiro atoms. The zero-order valence-electron chi connectivity index (χ0n) is 7.94. The predicted octanol–water partition coefficient (Wildman–Crippen LogP) is 0.930. The number of aromatic carboxylic acids is 1. The Hall–Kier alpha value is -2.17. The van der Waals surface area contributed by atoms with Gasteiger partial charge in [0, 0.05) is 0 Å². The Balaban J connectivity index is 2.90. The third kappa shape index (κ3) is 1.48. The summed E-state index contributed by atoms with van der Waals surface area (Å²) in [5, 5.41) is 8.73. The van der Waals surface area contributed by atoms with E-state index in [2.05, 4.69) is 9.97 Å². The fourth-order valence-electron chi connectivity index (χ4n) is 1.40. The Bertz CT molecular complexity index is 601. The SMILES string of the molecule is Cc1cccc2[nH]c(=O)c(C(=O)O)nc12. The molecule has 2 aromatic rings. The molecule has 0 amide bonds. The van der Waals surface area contributed by atoms with Crippen LogP contribution >= 0.6 is 0 Å². The van der Waals surface area contributed by atoms with E-state index < -0.39 is 17.2 Å². The van der Waals surface area contributed by atoms with Gasteiger partial charge in [0.15, 0.2) is 0 Å². The average Bonchev–Trinajstić information content (AvgIpc) is 2.16. The summed E-state index contributed by atoms with van der Waals surface area (Å²) in [6, 6.07) is 5.26. The van der Waals surface area contributed by atoms with Gasteiger partial charge in [0.1, 0.15) is 0 Å². The number of hydrogen-bond acceptors (Lipinski definition) is 3. The average molecular weight is 204 g/mol. The number of carboxylic acid groups (broad SMARTS) is 1. The van der Waals surface area contributed by atoms with Crippen LogP contribution in [0.1, 0.15) is 16.1 Å². The van der Waals surface area contributed by atoms with Crippen LogP contribution in [0, 0.1) is 6.92 Å². The standard InChI is InChI=1S/C10H8N2O3/c1-5-3-2-4-6-7(5)12-8(10(14)15)9(13)11-6/h2-4H,1H3,(H,11,13)(H,14,15). The molecule has 0 saturated heterocycles. The molecule has 0 aliphatic rings. The lowest BCUT2D eigenvalue weighted by Crippen LogP contribution is -2.19. The summed E-state index contributed by atoms with van der Waals surface area (Å²) in [4.78, 5) is 28.3. The van der Waals surface area contributed by atoms with Gasteiger partial charge in [-0.2, -0.15) is 0 Å². The Labute approximate surface area is 84.4 Å².